The van der Waals surface area contributed by atoms with E-state index in [1.54, 1.807) is 12.1 Å². The van der Waals surface area contributed by atoms with E-state index in [-0.39, 0.29) is 24.3 Å². The molecule has 2 aromatic rings. The molecule has 0 aliphatic heterocycles. The standard InChI is InChI=1S/C22H28BrN3O2/c1-4-16-5-7-17(8-6-16)20(26(2)3)15-25-21(27)13-14-24-22(28)18-9-11-19(23)12-10-18/h5-12,20H,4,13-15H2,1-3H3,(H,24,28)(H,25,27). The molecule has 2 N–H and O–H groups in total. The van der Waals surface area contributed by atoms with E-state index >= 15 is 0 Å². The summed E-state index contributed by atoms with van der Waals surface area (Å²) in [6.07, 6.45) is 1.26. The molecule has 6 heteroatoms. The molecule has 0 spiro atoms. The molecule has 0 saturated heterocycles. The van der Waals surface area contributed by atoms with Gasteiger partial charge in [-0.05, 0) is 55.9 Å². The van der Waals surface area contributed by atoms with Crippen LogP contribution in [0.3, 0.4) is 0 Å². The molecule has 0 heterocycles. The highest BCUT2D eigenvalue weighted by atomic mass is 79.9. The summed E-state index contributed by atoms with van der Waals surface area (Å²) in [7, 11) is 4.01. The fraction of sp³-hybridized carbons (Fsp3) is 0.364. The van der Waals surface area contributed by atoms with Crippen molar-refractivity contribution < 1.29 is 9.59 Å². The SMILES string of the molecule is CCc1ccc(C(CNC(=O)CCNC(=O)c2ccc(Br)cc2)N(C)C)cc1. The van der Waals surface area contributed by atoms with E-state index in [1.165, 1.54) is 11.1 Å². The Labute approximate surface area is 175 Å². The summed E-state index contributed by atoms with van der Waals surface area (Å²) in [5.74, 6) is -0.254. The van der Waals surface area contributed by atoms with Gasteiger partial charge in [-0.3, -0.25) is 9.59 Å². The molecule has 0 saturated carbocycles. The number of aryl methyl sites for hydroxylation is 1. The van der Waals surface area contributed by atoms with Crippen molar-refractivity contribution in [2.24, 2.45) is 0 Å². The Hall–Kier alpha value is -2.18. The van der Waals surface area contributed by atoms with Crippen molar-refractivity contribution in [1.29, 1.82) is 0 Å². The summed E-state index contributed by atoms with van der Waals surface area (Å²) < 4.78 is 0.920. The van der Waals surface area contributed by atoms with E-state index in [0.717, 1.165) is 10.9 Å². The largest absolute Gasteiger partial charge is 0.354 e. The third-order valence-corrected chi connectivity index (χ3v) is 5.16. The van der Waals surface area contributed by atoms with E-state index in [4.69, 9.17) is 0 Å². The molecule has 0 aliphatic carbocycles. The number of halogens is 1. The van der Waals surface area contributed by atoms with Crippen LogP contribution in [0.2, 0.25) is 0 Å². The lowest BCUT2D eigenvalue weighted by molar-refractivity contribution is -0.121. The molecule has 28 heavy (non-hydrogen) atoms. The zero-order valence-electron chi connectivity index (χ0n) is 16.7. The molecule has 0 radical (unpaired) electrons. The predicted molar refractivity (Wildman–Crippen MR) is 116 cm³/mol. The first kappa shape index (κ1) is 22.1. The Balaban J connectivity index is 1.79. The number of rotatable bonds is 9. The highest BCUT2D eigenvalue weighted by Crippen LogP contribution is 2.18. The van der Waals surface area contributed by atoms with Gasteiger partial charge in [0.25, 0.3) is 5.91 Å². The van der Waals surface area contributed by atoms with Gasteiger partial charge in [0.2, 0.25) is 5.91 Å². The van der Waals surface area contributed by atoms with E-state index in [1.807, 2.05) is 26.2 Å². The molecule has 2 aromatic carbocycles. The molecule has 2 amide bonds. The second-order valence-electron chi connectivity index (χ2n) is 6.89. The zero-order chi connectivity index (χ0) is 20.5. The smallest absolute Gasteiger partial charge is 0.251 e. The van der Waals surface area contributed by atoms with Crippen LogP contribution < -0.4 is 10.6 Å². The van der Waals surface area contributed by atoms with Crippen LogP contribution in [0.5, 0.6) is 0 Å². The van der Waals surface area contributed by atoms with Crippen molar-refractivity contribution in [1.82, 2.24) is 15.5 Å². The Morgan fingerprint density at radius 1 is 1.00 bits per heavy atom. The Morgan fingerprint density at radius 3 is 2.21 bits per heavy atom. The summed E-state index contributed by atoms with van der Waals surface area (Å²) in [5.41, 5.74) is 3.05. The van der Waals surface area contributed by atoms with E-state index < -0.39 is 0 Å². The lowest BCUT2D eigenvalue weighted by Crippen LogP contribution is -2.36. The van der Waals surface area contributed by atoms with Crippen molar-refractivity contribution in [3.05, 3.63) is 69.7 Å². The first-order valence-electron chi connectivity index (χ1n) is 9.46. The van der Waals surface area contributed by atoms with E-state index in [9.17, 15) is 9.59 Å². The first-order valence-corrected chi connectivity index (χ1v) is 10.3. The summed E-state index contributed by atoms with van der Waals surface area (Å²) in [5, 5.41) is 5.75. The number of carbonyl (C=O) groups is 2. The number of amides is 2. The molecule has 1 atom stereocenters. The molecular weight excluding hydrogens is 418 g/mol. The number of hydrogen-bond acceptors (Lipinski definition) is 3. The third kappa shape index (κ3) is 6.77. The van der Waals surface area contributed by atoms with Crippen molar-refractivity contribution in [2.45, 2.75) is 25.8 Å². The molecule has 150 valence electrons. The number of carbonyl (C=O) groups excluding carboxylic acids is 2. The van der Waals surface area contributed by atoms with Gasteiger partial charge in [0, 0.05) is 29.5 Å². The Morgan fingerprint density at radius 2 is 1.64 bits per heavy atom. The van der Waals surface area contributed by atoms with Crippen LogP contribution in [0.1, 0.15) is 40.9 Å². The average molecular weight is 446 g/mol. The fourth-order valence-corrected chi connectivity index (χ4v) is 3.13. The molecular formula is C22H28BrN3O2. The average Bonchev–Trinajstić information content (AvgIpc) is 2.68. The minimum atomic E-state index is -0.178. The van der Waals surface area contributed by atoms with Gasteiger partial charge in [-0.25, -0.2) is 0 Å². The molecule has 1 unspecified atom stereocenters. The maximum absolute atomic E-state index is 12.2. The third-order valence-electron chi connectivity index (χ3n) is 4.63. The van der Waals surface area contributed by atoms with Crippen molar-refractivity contribution >= 4 is 27.7 Å². The highest BCUT2D eigenvalue weighted by Gasteiger charge is 2.15. The number of hydrogen-bond donors (Lipinski definition) is 2. The molecule has 0 aliphatic rings. The summed E-state index contributed by atoms with van der Waals surface area (Å²) in [6, 6.07) is 15.7. The molecule has 0 aromatic heterocycles. The second-order valence-corrected chi connectivity index (χ2v) is 7.81. The lowest BCUT2D eigenvalue weighted by atomic mass is 10.0. The summed E-state index contributed by atoms with van der Waals surface area (Å²) in [4.78, 5) is 26.3. The van der Waals surface area contributed by atoms with Crippen LogP contribution in [0.15, 0.2) is 53.0 Å². The number of benzene rings is 2. The number of nitrogens with one attached hydrogen (secondary N) is 2. The predicted octanol–water partition coefficient (Wildman–Crippen LogP) is 3.55. The zero-order valence-corrected chi connectivity index (χ0v) is 18.3. The molecule has 5 nitrogen and oxygen atoms in total. The maximum atomic E-state index is 12.2. The van der Waals surface area contributed by atoms with Crippen molar-refractivity contribution in [3.8, 4) is 0 Å². The second kappa shape index (κ2) is 11.0. The van der Waals surface area contributed by atoms with Crippen LogP contribution in [0, 0.1) is 0 Å². The van der Waals surface area contributed by atoms with Gasteiger partial charge in [0.05, 0.1) is 6.04 Å². The molecule has 0 bridgehead atoms. The van der Waals surface area contributed by atoms with Crippen LogP contribution in [0.4, 0.5) is 0 Å². The van der Waals surface area contributed by atoms with Gasteiger partial charge < -0.3 is 15.5 Å². The minimum absolute atomic E-state index is 0.0758. The van der Waals surface area contributed by atoms with Gasteiger partial charge in [0.1, 0.15) is 0 Å². The quantitative estimate of drug-likeness (QED) is 0.620. The molecule has 2 rings (SSSR count). The maximum Gasteiger partial charge on any atom is 0.251 e. The van der Waals surface area contributed by atoms with Crippen LogP contribution in [-0.4, -0.2) is 43.9 Å². The van der Waals surface area contributed by atoms with Gasteiger partial charge in [-0.2, -0.15) is 0 Å². The van der Waals surface area contributed by atoms with E-state index in [0.29, 0.717) is 18.7 Å². The highest BCUT2D eigenvalue weighted by molar-refractivity contribution is 9.10. The Kier molecular flexibility index (Phi) is 8.67. The van der Waals surface area contributed by atoms with E-state index in [2.05, 4.69) is 62.7 Å². The topological polar surface area (TPSA) is 61.4 Å². The van der Waals surface area contributed by atoms with Gasteiger partial charge in [0.15, 0.2) is 0 Å². The molecule has 0 fully saturated rings. The Bertz CT molecular complexity index is 773. The fourth-order valence-electron chi connectivity index (χ4n) is 2.87. The minimum Gasteiger partial charge on any atom is -0.354 e. The normalized spacial score (nSPS) is 11.9. The van der Waals surface area contributed by atoms with Crippen molar-refractivity contribution in [3.63, 3.8) is 0 Å². The number of nitrogens with zero attached hydrogens (tertiary/aromatic N) is 1. The van der Waals surface area contributed by atoms with Gasteiger partial charge in [-0.15, -0.1) is 0 Å². The monoisotopic (exact) mass is 445 g/mol. The number of likely N-dealkylation sites (N-methyl/N-ethyl adjacent to an activating group) is 1. The van der Waals surface area contributed by atoms with Crippen molar-refractivity contribution in [2.75, 3.05) is 27.2 Å². The van der Waals surface area contributed by atoms with Crippen LogP contribution in [0.25, 0.3) is 0 Å². The van der Waals surface area contributed by atoms with Crippen LogP contribution in [-0.2, 0) is 11.2 Å². The first-order chi connectivity index (χ1) is 13.4. The summed E-state index contributed by atoms with van der Waals surface area (Å²) in [6.45, 7) is 2.96. The van der Waals surface area contributed by atoms with Crippen LogP contribution >= 0.6 is 15.9 Å². The lowest BCUT2D eigenvalue weighted by Gasteiger charge is -2.25. The van der Waals surface area contributed by atoms with Gasteiger partial charge >= 0.3 is 0 Å². The summed E-state index contributed by atoms with van der Waals surface area (Å²) >= 11 is 3.34. The van der Waals surface area contributed by atoms with Gasteiger partial charge in [-0.1, -0.05) is 47.1 Å².